The molecule has 1 aliphatic carbocycles. The largest absolute Gasteiger partial charge is 0.586 e. The standard InChI is InChI=1S/C34H31F5N2O6/c1-19(20-14-15-26-28(17-20)46-34(38,39)45-26)43-24-11-6-9-22(18-24)41-29-25(30(40-41)33(35,36)37)12-7-13-27(29)44-23-10-5-8-21(16-23)31(42)47-32(2,3)4/h5-6,8-11,14-19,27H,7,12-13H2,1-4H3. The van der Waals surface area contributed by atoms with Crippen molar-refractivity contribution in [1.82, 2.24) is 9.78 Å². The molecule has 0 amide bonds. The van der Waals surface area contributed by atoms with Crippen molar-refractivity contribution in [2.75, 3.05) is 0 Å². The van der Waals surface area contributed by atoms with Crippen LogP contribution in [0.5, 0.6) is 23.0 Å². The molecule has 2 unspecified atom stereocenters. The first-order valence-corrected chi connectivity index (χ1v) is 14.9. The van der Waals surface area contributed by atoms with Gasteiger partial charge in [0.1, 0.15) is 29.3 Å². The molecule has 0 saturated carbocycles. The van der Waals surface area contributed by atoms with Gasteiger partial charge in [-0.2, -0.15) is 18.3 Å². The van der Waals surface area contributed by atoms with Crippen molar-refractivity contribution in [2.45, 2.75) is 77.2 Å². The van der Waals surface area contributed by atoms with E-state index >= 15 is 0 Å². The van der Waals surface area contributed by atoms with Crippen molar-refractivity contribution < 1.29 is 50.4 Å². The summed E-state index contributed by atoms with van der Waals surface area (Å²) in [6, 6.07) is 17.0. The second-order valence-electron chi connectivity index (χ2n) is 12.3. The minimum atomic E-state index is -4.72. The number of hydrogen-bond acceptors (Lipinski definition) is 7. The van der Waals surface area contributed by atoms with E-state index in [4.69, 9.17) is 14.2 Å². The van der Waals surface area contributed by atoms with Gasteiger partial charge >= 0.3 is 18.4 Å². The first-order valence-electron chi connectivity index (χ1n) is 14.9. The highest BCUT2D eigenvalue weighted by molar-refractivity contribution is 5.90. The van der Waals surface area contributed by atoms with Crippen molar-refractivity contribution in [1.29, 1.82) is 0 Å². The van der Waals surface area contributed by atoms with Crippen LogP contribution in [0, 0.1) is 0 Å². The number of alkyl halides is 5. The van der Waals surface area contributed by atoms with Crippen LogP contribution in [0.3, 0.4) is 0 Å². The molecule has 2 aliphatic rings. The fourth-order valence-corrected chi connectivity index (χ4v) is 5.56. The molecule has 2 heterocycles. The van der Waals surface area contributed by atoms with Gasteiger partial charge in [-0.25, -0.2) is 9.48 Å². The number of carbonyl (C=O) groups excluding carboxylic acids is 1. The fraction of sp³-hybridized carbons (Fsp3) is 0.353. The molecule has 0 bridgehead atoms. The molecular weight excluding hydrogens is 627 g/mol. The molecular formula is C34H31F5N2O6. The SMILES string of the molecule is CC(Oc1cccc(-n2nc(C(F)(F)F)c3c2C(Oc2cccc(C(=O)OC(C)(C)C)c2)CCC3)c1)c1ccc2c(c1)OC(F)(F)O2. The van der Waals surface area contributed by atoms with Crippen LogP contribution in [-0.2, 0) is 17.3 Å². The quantitative estimate of drug-likeness (QED) is 0.145. The molecule has 1 aromatic heterocycles. The first kappa shape index (κ1) is 32.1. The Morgan fingerprint density at radius 1 is 0.979 bits per heavy atom. The van der Waals surface area contributed by atoms with E-state index in [9.17, 15) is 26.7 Å². The number of halogens is 5. The number of aromatic nitrogens is 2. The Morgan fingerprint density at radius 2 is 1.70 bits per heavy atom. The van der Waals surface area contributed by atoms with Crippen LogP contribution in [-0.4, -0.2) is 27.6 Å². The Morgan fingerprint density at radius 3 is 2.45 bits per heavy atom. The number of carbonyl (C=O) groups is 1. The third-order valence-corrected chi connectivity index (χ3v) is 7.51. The van der Waals surface area contributed by atoms with Crippen molar-refractivity contribution in [3.8, 4) is 28.7 Å². The van der Waals surface area contributed by atoms with Crippen LogP contribution in [0.1, 0.15) is 85.6 Å². The summed E-state index contributed by atoms with van der Waals surface area (Å²) in [5, 5.41) is 4.02. The van der Waals surface area contributed by atoms with Crippen LogP contribution in [0.4, 0.5) is 22.0 Å². The van der Waals surface area contributed by atoms with E-state index < -0.39 is 41.9 Å². The van der Waals surface area contributed by atoms with Gasteiger partial charge in [0, 0.05) is 11.6 Å². The number of nitrogens with zero attached hydrogens (tertiary/aromatic N) is 2. The summed E-state index contributed by atoms with van der Waals surface area (Å²) in [6.07, 6.45) is -8.96. The zero-order chi connectivity index (χ0) is 33.7. The molecule has 4 aromatic rings. The van der Waals surface area contributed by atoms with Gasteiger partial charge in [0.15, 0.2) is 17.2 Å². The Bertz CT molecular complexity index is 1810. The zero-order valence-corrected chi connectivity index (χ0v) is 25.9. The molecule has 248 valence electrons. The molecule has 6 rings (SSSR count). The van der Waals surface area contributed by atoms with E-state index in [2.05, 4.69) is 14.6 Å². The third-order valence-electron chi connectivity index (χ3n) is 7.51. The molecule has 2 atom stereocenters. The number of benzene rings is 3. The number of esters is 1. The lowest BCUT2D eigenvalue weighted by molar-refractivity contribution is -0.286. The summed E-state index contributed by atoms with van der Waals surface area (Å²) >= 11 is 0. The van der Waals surface area contributed by atoms with Gasteiger partial charge < -0.3 is 23.7 Å². The Kier molecular flexibility index (Phi) is 8.05. The van der Waals surface area contributed by atoms with Crippen molar-refractivity contribution in [3.63, 3.8) is 0 Å². The summed E-state index contributed by atoms with van der Waals surface area (Å²) in [5.74, 6) is -0.206. The average Bonchev–Trinajstić information content (AvgIpc) is 3.53. The van der Waals surface area contributed by atoms with Gasteiger partial charge in [-0.15, -0.1) is 8.78 Å². The lowest BCUT2D eigenvalue weighted by atomic mass is 9.93. The summed E-state index contributed by atoms with van der Waals surface area (Å²) in [7, 11) is 0. The Balaban J connectivity index is 1.30. The van der Waals surface area contributed by atoms with E-state index in [0.29, 0.717) is 35.6 Å². The number of ether oxygens (including phenoxy) is 5. The smallest absolute Gasteiger partial charge is 0.486 e. The van der Waals surface area contributed by atoms with Crippen molar-refractivity contribution >= 4 is 5.97 Å². The lowest BCUT2D eigenvalue weighted by Crippen LogP contribution is -2.25. The highest BCUT2D eigenvalue weighted by Gasteiger charge is 2.44. The molecule has 1 aliphatic heterocycles. The Hall–Kier alpha value is -4.81. The van der Waals surface area contributed by atoms with E-state index in [1.807, 2.05) is 0 Å². The van der Waals surface area contributed by atoms with E-state index in [-0.39, 0.29) is 34.7 Å². The molecule has 47 heavy (non-hydrogen) atoms. The molecule has 0 spiro atoms. The van der Waals surface area contributed by atoms with Gasteiger partial charge in [-0.1, -0.05) is 18.2 Å². The van der Waals surface area contributed by atoms with Crippen LogP contribution in [0.2, 0.25) is 0 Å². The summed E-state index contributed by atoms with van der Waals surface area (Å²) < 4.78 is 97.7. The monoisotopic (exact) mass is 658 g/mol. The topological polar surface area (TPSA) is 81.0 Å². The summed E-state index contributed by atoms with van der Waals surface area (Å²) in [6.45, 7) is 6.93. The highest BCUT2D eigenvalue weighted by Crippen LogP contribution is 2.44. The lowest BCUT2D eigenvalue weighted by Gasteiger charge is -2.26. The second-order valence-corrected chi connectivity index (χ2v) is 12.3. The molecule has 13 heteroatoms. The maximum absolute atomic E-state index is 14.3. The molecule has 0 saturated heterocycles. The minimum Gasteiger partial charge on any atom is -0.486 e. The molecule has 0 radical (unpaired) electrons. The van der Waals surface area contributed by atoms with Crippen LogP contribution in [0.25, 0.3) is 5.69 Å². The van der Waals surface area contributed by atoms with Gasteiger partial charge in [0.25, 0.3) is 0 Å². The predicted molar refractivity (Wildman–Crippen MR) is 158 cm³/mol. The van der Waals surface area contributed by atoms with Crippen molar-refractivity contribution in [2.24, 2.45) is 0 Å². The molecule has 0 fully saturated rings. The normalized spacial score (nSPS) is 17.5. The van der Waals surface area contributed by atoms with Crippen LogP contribution in [0.15, 0.2) is 66.7 Å². The fourth-order valence-electron chi connectivity index (χ4n) is 5.56. The summed E-state index contributed by atoms with van der Waals surface area (Å²) in [5.41, 5.74) is -0.390. The van der Waals surface area contributed by atoms with E-state index in [1.165, 1.54) is 22.9 Å². The Labute approximate surface area is 266 Å². The molecule has 8 nitrogen and oxygen atoms in total. The van der Waals surface area contributed by atoms with Crippen LogP contribution < -0.4 is 18.9 Å². The number of fused-ring (bicyclic) bond motifs is 2. The minimum absolute atomic E-state index is 0.0360. The van der Waals surface area contributed by atoms with E-state index in [0.717, 1.165) is 0 Å². The summed E-state index contributed by atoms with van der Waals surface area (Å²) in [4.78, 5) is 12.7. The van der Waals surface area contributed by atoms with Gasteiger partial charge in [-0.05, 0) is 95.0 Å². The van der Waals surface area contributed by atoms with Crippen molar-refractivity contribution in [3.05, 3.63) is 94.8 Å². The molecule has 3 aromatic carbocycles. The van der Waals surface area contributed by atoms with Gasteiger partial charge in [-0.3, -0.25) is 0 Å². The van der Waals surface area contributed by atoms with Crippen LogP contribution >= 0.6 is 0 Å². The molecule has 0 N–H and O–H groups in total. The van der Waals surface area contributed by atoms with Gasteiger partial charge in [0.2, 0.25) is 0 Å². The predicted octanol–water partition coefficient (Wildman–Crippen LogP) is 8.76. The first-order chi connectivity index (χ1) is 22.1. The van der Waals surface area contributed by atoms with E-state index in [1.54, 1.807) is 76.2 Å². The average molecular weight is 659 g/mol. The highest BCUT2D eigenvalue weighted by atomic mass is 19.4. The maximum Gasteiger partial charge on any atom is 0.586 e. The third kappa shape index (κ3) is 6.98. The zero-order valence-electron chi connectivity index (χ0n) is 25.9. The number of rotatable bonds is 7. The second kappa shape index (κ2) is 11.8. The number of hydrogen-bond donors (Lipinski definition) is 0. The van der Waals surface area contributed by atoms with Gasteiger partial charge in [0.05, 0.1) is 16.9 Å². The maximum atomic E-state index is 14.3.